The largest absolute Gasteiger partial charge is 0.573 e. The van der Waals surface area contributed by atoms with E-state index in [1.54, 1.807) is 28.9 Å². The Bertz CT molecular complexity index is 1290. The molecule has 0 aliphatic heterocycles. The number of thioether (sulfide) groups is 1. The lowest BCUT2D eigenvalue weighted by molar-refractivity contribution is -0.274. The zero-order valence-corrected chi connectivity index (χ0v) is 18.0. The second-order valence-corrected chi connectivity index (χ2v) is 8.38. The number of aliphatic hydroxyl groups is 1. The Hall–Kier alpha value is -3.18. The minimum absolute atomic E-state index is 0.0717. The number of aromatic nitrogens is 2. The van der Waals surface area contributed by atoms with Gasteiger partial charge in [0.05, 0.1) is 17.4 Å². The summed E-state index contributed by atoms with van der Waals surface area (Å²) >= 11 is 0.559. The molecule has 0 fully saturated rings. The SMILES string of the molecule is OC(CSc1cccc(OC(F)(F)F)c1)(c1ccc2c(cnn2-c2ccccc2)c1)C(F)(F)F. The Balaban J connectivity index is 1.63. The van der Waals surface area contributed by atoms with Crippen molar-refractivity contribution in [1.29, 1.82) is 0 Å². The zero-order valence-electron chi connectivity index (χ0n) is 17.1. The number of ether oxygens (including phenoxy) is 1. The predicted molar refractivity (Wildman–Crippen MR) is 115 cm³/mol. The highest BCUT2D eigenvalue weighted by Crippen LogP contribution is 2.44. The van der Waals surface area contributed by atoms with Crippen molar-refractivity contribution in [2.45, 2.75) is 23.0 Å². The van der Waals surface area contributed by atoms with E-state index in [4.69, 9.17) is 0 Å². The van der Waals surface area contributed by atoms with Crippen LogP contribution in [0, 0.1) is 0 Å². The Labute approximate surface area is 193 Å². The summed E-state index contributed by atoms with van der Waals surface area (Å²) in [5.74, 6) is -1.45. The summed E-state index contributed by atoms with van der Waals surface area (Å²) < 4.78 is 84.7. The summed E-state index contributed by atoms with van der Waals surface area (Å²) in [6.45, 7) is 0. The summed E-state index contributed by atoms with van der Waals surface area (Å²) in [5, 5.41) is 15.3. The normalized spacial score (nSPS) is 14.2. The van der Waals surface area contributed by atoms with Gasteiger partial charge >= 0.3 is 12.5 Å². The van der Waals surface area contributed by atoms with Gasteiger partial charge < -0.3 is 9.84 Å². The Kier molecular flexibility index (Phi) is 6.26. The molecule has 178 valence electrons. The van der Waals surface area contributed by atoms with Crippen LogP contribution in [-0.2, 0) is 5.60 Å². The van der Waals surface area contributed by atoms with E-state index in [-0.39, 0.29) is 4.90 Å². The molecule has 0 amide bonds. The van der Waals surface area contributed by atoms with Crippen molar-refractivity contribution >= 4 is 22.7 Å². The molecule has 1 N–H and O–H groups in total. The number of nitrogens with zero attached hydrogens (tertiary/aromatic N) is 2. The average molecular weight is 498 g/mol. The molecule has 4 nitrogen and oxygen atoms in total. The first kappa shape index (κ1) is 24.0. The molecule has 11 heteroatoms. The minimum atomic E-state index is -5.05. The first-order valence-corrected chi connectivity index (χ1v) is 10.8. The van der Waals surface area contributed by atoms with Crippen molar-refractivity contribution in [3.05, 3.63) is 84.6 Å². The van der Waals surface area contributed by atoms with Crippen LogP contribution in [0.5, 0.6) is 5.75 Å². The molecule has 1 atom stereocenters. The van der Waals surface area contributed by atoms with Gasteiger partial charge in [0.2, 0.25) is 0 Å². The van der Waals surface area contributed by atoms with E-state index in [1.165, 1.54) is 36.5 Å². The van der Waals surface area contributed by atoms with Gasteiger partial charge in [-0.15, -0.1) is 24.9 Å². The molecule has 1 heterocycles. The molecule has 0 aliphatic carbocycles. The van der Waals surface area contributed by atoms with Crippen molar-refractivity contribution in [2.75, 3.05) is 5.75 Å². The molecular formula is C23H16F6N2O2S. The van der Waals surface area contributed by atoms with Crippen molar-refractivity contribution < 1.29 is 36.2 Å². The second kappa shape index (κ2) is 8.88. The standard InChI is InChI=1S/C23H16F6N2O2S/c24-22(25,26)21(32,14-34-19-8-4-7-18(12-19)33-23(27,28)29)16-9-10-20-15(11-16)13-30-31(20)17-5-2-1-3-6-17/h1-13,32H,14H2. The van der Waals surface area contributed by atoms with E-state index < -0.39 is 35.2 Å². The molecule has 0 radical (unpaired) electrons. The summed E-state index contributed by atoms with van der Waals surface area (Å²) in [6, 6.07) is 17.4. The molecule has 4 aromatic rings. The number of fused-ring (bicyclic) bond motifs is 1. The van der Waals surface area contributed by atoms with E-state index in [2.05, 4.69) is 9.84 Å². The third kappa shape index (κ3) is 5.00. The van der Waals surface area contributed by atoms with Crippen molar-refractivity contribution in [3.63, 3.8) is 0 Å². The van der Waals surface area contributed by atoms with E-state index in [9.17, 15) is 31.4 Å². The zero-order chi connectivity index (χ0) is 24.6. The van der Waals surface area contributed by atoms with Crippen LogP contribution in [-0.4, -0.2) is 33.2 Å². The lowest BCUT2D eigenvalue weighted by Gasteiger charge is -2.31. The second-order valence-electron chi connectivity index (χ2n) is 7.33. The topological polar surface area (TPSA) is 47.3 Å². The average Bonchev–Trinajstić information content (AvgIpc) is 3.20. The highest BCUT2D eigenvalue weighted by atomic mass is 32.2. The highest BCUT2D eigenvalue weighted by Gasteiger charge is 2.55. The van der Waals surface area contributed by atoms with E-state index in [0.717, 1.165) is 12.1 Å². The summed E-state index contributed by atoms with van der Waals surface area (Å²) in [6.07, 6.45) is -8.59. The van der Waals surface area contributed by atoms with Crippen LogP contribution < -0.4 is 4.74 Å². The minimum Gasteiger partial charge on any atom is -0.406 e. The smallest absolute Gasteiger partial charge is 0.406 e. The number of benzene rings is 3. The van der Waals surface area contributed by atoms with Gasteiger partial charge in [-0.2, -0.15) is 18.3 Å². The van der Waals surface area contributed by atoms with Gasteiger partial charge in [0, 0.05) is 16.0 Å². The Morgan fingerprint density at radius 1 is 0.882 bits per heavy atom. The maximum Gasteiger partial charge on any atom is 0.573 e. The number of hydrogen-bond donors (Lipinski definition) is 1. The molecule has 1 unspecified atom stereocenters. The fourth-order valence-corrected chi connectivity index (χ4v) is 4.42. The predicted octanol–water partition coefficient (Wildman–Crippen LogP) is 6.47. The molecule has 0 aliphatic rings. The molecule has 0 spiro atoms. The molecule has 0 bridgehead atoms. The molecule has 4 rings (SSSR count). The number of halogens is 6. The first-order chi connectivity index (χ1) is 16.0. The third-order valence-electron chi connectivity index (χ3n) is 5.00. The van der Waals surface area contributed by atoms with Crippen LogP contribution in [0.1, 0.15) is 5.56 Å². The molecule has 0 saturated carbocycles. The van der Waals surface area contributed by atoms with Crippen LogP contribution >= 0.6 is 11.8 Å². The fourth-order valence-electron chi connectivity index (χ4n) is 3.34. The van der Waals surface area contributed by atoms with Crippen LogP contribution in [0.2, 0.25) is 0 Å². The lowest BCUT2D eigenvalue weighted by atomic mass is 9.94. The van der Waals surface area contributed by atoms with Crippen LogP contribution in [0.3, 0.4) is 0 Å². The Morgan fingerprint density at radius 3 is 2.29 bits per heavy atom. The van der Waals surface area contributed by atoms with Gasteiger partial charge in [-0.1, -0.05) is 30.3 Å². The Morgan fingerprint density at radius 2 is 1.62 bits per heavy atom. The van der Waals surface area contributed by atoms with Crippen LogP contribution in [0.4, 0.5) is 26.3 Å². The van der Waals surface area contributed by atoms with Gasteiger partial charge in [0.15, 0.2) is 5.60 Å². The van der Waals surface area contributed by atoms with Crippen molar-refractivity contribution in [2.24, 2.45) is 0 Å². The third-order valence-corrected chi connectivity index (χ3v) is 6.15. The number of para-hydroxylation sites is 1. The van der Waals surface area contributed by atoms with E-state index in [1.807, 2.05) is 6.07 Å². The monoisotopic (exact) mass is 498 g/mol. The molecule has 0 saturated heterocycles. The summed E-state index contributed by atoms with van der Waals surface area (Å²) in [4.78, 5) is 0.0717. The lowest BCUT2D eigenvalue weighted by Crippen LogP contribution is -2.44. The van der Waals surface area contributed by atoms with E-state index in [0.29, 0.717) is 28.4 Å². The van der Waals surface area contributed by atoms with Gasteiger partial charge in [0.1, 0.15) is 5.75 Å². The van der Waals surface area contributed by atoms with Gasteiger partial charge in [-0.3, -0.25) is 0 Å². The van der Waals surface area contributed by atoms with Gasteiger partial charge in [-0.05, 0) is 48.0 Å². The fraction of sp³-hybridized carbons (Fsp3) is 0.174. The summed E-state index contributed by atoms with van der Waals surface area (Å²) in [5.41, 5.74) is -2.41. The molecule has 1 aromatic heterocycles. The van der Waals surface area contributed by atoms with Crippen LogP contribution in [0.15, 0.2) is 83.9 Å². The number of hydrogen-bond acceptors (Lipinski definition) is 4. The molecule has 3 aromatic carbocycles. The number of alkyl halides is 6. The summed E-state index contributed by atoms with van der Waals surface area (Å²) in [7, 11) is 0. The van der Waals surface area contributed by atoms with E-state index >= 15 is 0 Å². The van der Waals surface area contributed by atoms with Gasteiger partial charge in [-0.25, -0.2) is 4.68 Å². The number of rotatable bonds is 6. The first-order valence-electron chi connectivity index (χ1n) is 9.78. The maximum absolute atomic E-state index is 14.0. The van der Waals surface area contributed by atoms with Crippen LogP contribution in [0.25, 0.3) is 16.6 Å². The van der Waals surface area contributed by atoms with Gasteiger partial charge in [0.25, 0.3) is 0 Å². The molecule has 34 heavy (non-hydrogen) atoms. The van der Waals surface area contributed by atoms with Crippen molar-refractivity contribution in [3.8, 4) is 11.4 Å². The molecular weight excluding hydrogens is 482 g/mol. The highest BCUT2D eigenvalue weighted by molar-refractivity contribution is 7.99. The quantitative estimate of drug-likeness (QED) is 0.245. The van der Waals surface area contributed by atoms with Crippen molar-refractivity contribution in [1.82, 2.24) is 9.78 Å². The maximum atomic E-state index is 14.0.